The Kier molecular flexibility index (Phi) is 6.87. The van der Waals surface area contributed by atoms with Gasteiger partial charge in [0.05, 0.1) is 10.0 Å². The molecular formula is C21H16Cl2N2O2S. The van der Waals surface area contributed by atoms with Gasteiger partial charge in [-0.15, -0.1) is 0 Å². The van der Waals surface area contributed by atoms with Crippen LogP contribution in [-0.2, 0) is 6.61 Å². The number of carbonyl (C=O) groups is 1. The number of hydrogen-bond acceptors (Lipinski definition) is 3. The first kappa shape index (κ1) is 20.1. The molecule has 0 radical (unpaired) electrons. The monoisotopic (exact) mass is 430 g/mol. The van der Waals surface area contributed by atoms with Crippen molar-refractivity contribution in [2.24, 2.45) is 0 Å². The largest absolute Gasteiger partial charge is 0.489 e. The van der Waals surface area contributed by atoms with E-state index in [2.05, 4.69) is 10.6 Å². The number of rotatable bonds is 5. The Labute approximate surface area is 178 Å². The highest BCUT2D eigenvalue weighted by Gasteiger charge is 2.07. The zero-order chi connectivity index (χ0) is 19.9. The van der Waals surface area contributed by atoms with E-state index in [1.807, 2.05) is 36.4 Å². The van der Waals surface area contributed by atoms with E-state index in [1.165, 1.54) is 0 Å². The Morgan fingerprint density at radius 3 is 2.32 bits per heavy atom. The number of thiocarbonyl (C=S) groups is 1. The average Bonchev–Trinajstić information content (AvgIpc) is 2.70. The van der Waals surface area contributed by atoms with Crippen LogP contribution in [0.1, 0.15) is 15.9 Å². The van der Waals surface area contributed by atoms with Crippen LogP contribution in [0, 0.1) is 0 Å². The molecule has 142 valence electrons. The number of anilines is 1. The molecule has 2 N–H and O–H groups in total. The molecule has 0 aliphatic carbocycles. The van der Waals surface area contributed by atoms with E-state index in [1.54, 1.807) is 36.4 Å². The van der Waals surface area contributed by atoms with Crippen molar-refractivity contribution in [2.45, 2.75) is 6.61 Å². The molecule has 1 amide bonds. The highest BCUT2D eigenvalue weighted by atomic mass is 35.5. The molecule has 0 aliphatic heterocycles. The minimum atomic E-state index is -0.264. The lowest BCUT2D eigenvalue weighted by Crippen LogP contribution is -2.34. The molecule has 0 heterocycles. The second-order valence-corrected chi connectivity index (χ2v) is 7.06. The lowest BCUT2D eigenvalue weighted by molar-refractivity contribution is 0.0977. The maximum Gasteiger partial charge on any atom is 0.257 e. The van der Waals surface area contributed by atoms with Gasteiger partial charge < -0.3 is 10.1 Å². The van der Waals surface area contributed by atoms with E-state index in [-0.39, 0.29) is 11.0 Å². The number of hydrogen-bond donors (Lipinski definition) is 2. The maximum absolute atomic E-state index is 12.1. The molecule has 0 saturated carbocycles. The van der Waals surface area contributed by atoms with Crippen LogP contribution >= 0.6 is 35.4 Å². The molecule has 0 fully saturated rings. The summed E-state index contributed by atoms with van der Waals surface area (Å²) in [6.07, 6.45) is 0. The van der Waals surface area contributed by atoms with Crippen molar-refractivity contribution in [1.82, 2.24) is 5.32 Å². The Bertz CT molecular complexity index is 979. The van der Waals surface area contributed by atoms with Gasteiger partial charge in [0.25, 0.3) is 5.91 Å². The van der Waals surface area contributed by atoms with Gasteiger partial charge in [0, 0.05) is 11.3 Å². The third kappa shape index (κ3) is 5.70. The summed E-state index contributed by atoms with van der Waals surface area (Å²) in [7, 11) is 0. The van der Waals surface area contributed by atoms with Crippen molar-refractivity contribution in [1.29, 1.82) is 0 Å². The number of nitrogens with one attached hydrogen (secondary N) is 2. The number of halogens is 2. The summed E-state index contributed by atoms with van der Waals surface area (Å²) < 4.78 is 5.74. The van der Waals surface area contributed by atoms with Crippen LogP contribution < -0.4 is 15.4 Å². The van der Waals surface area contributed by atoms with Crippen molar-refractivity contribution >= 4 is 52.1 Å². The van der Waals surface area contributed by atoms with Gasteiger partial charge in [-0.05, 0) is 66.3 Å². The molecular weight excluding hydrogens is 415 g/mol. The lowest BCUT2D eigenvalue weighted by atomic mass is 10.2. The van der Waals surface area contributed by atoms with Crippen molar-refractivity contribution in [3.05, 3.63) is 94.0 Å². The Morgan fingerprint density at radius 1 is 0.929 bits per heavy atom. The summed E-state index contributed by atoms with van der Waals surface area (Å²) in [5, 5.41) is 6.84. The topological polar surface area (TPSA) is 50.4 Å². The summed E-state index contributed by atoms with van der Waals surface area (Å²) in [4.78, 5) is 12.1. The van der Waals surface area contributed by atoms with E-state index in [0.29, 0.717) is 28.0 Å². The molecule has 3 rings (SSSR count). The first-order chi connectivity index (χ1) is 13.5. The fourth-order valence-electron chi connectivity index (χ4n) is 2.36. The Balaban J connectivity index is 1.51. The smallest absolute Gasteiger partial charge is 0.257 e. The number of carbonyl (C=O) groups excluding carboxylic acids is 1. The summed E-state index contributed by atoms with van der Waals surface area (Å²) >= 11 is 17.1. The molecule has 7 heteroatoms. The minimum absolute atomic E-state index is 0.221. The van der Waals surface area contributed by atoms with E-state index < -0.39 is 0 Å². The van der Waals surface area contributed by atoms with Crippen LogP contribution in [0.3, 0.4) is 0 Å². The quantitative estimate of drug-likeness (QED) is 0.509. The normalized spacial score (nSPS) is 10.2. The zero-order valence-electron chi connectivity index (χ0n) is 14.6. The number of ether oxygens (including phenoxy) is 1. The molecule has 0 spiro atoms. The number of benzene rings is 3. The third-order valence-corrected chi connectivity index (χ3v) is 4.71. The van der Waals surface area contributed by atoms with E-state index >= 15 is 0 Å². The van der Waals surface area contributed by atoms with Crippen LogP contribution in [-0.4, -0.2) is 11.0 Å². The molecule has 0 bridgehead atoms. The number of amides is 1. The molecule has 0 atom stereocenters. The standard InChI is InChI=1S/C21H16Cl2N2O2S/c22-18-11-6-14(12-19(18)23)13-27-17-9-7-16(8-10-17)24-21(28)25-20(26)15-4-2-1-3-5-15/h1-12H,13H2,(H2,24,25,26,28). The van der Waals surface area contributed by atoms with Gasteiger partial charge in [-0.3, -0.25) is 10.1 Å². The van der Waals surface area contributed by atoms with Crippen molar-refractivity contribution in [3.8, 4) is 5.75 Å². The molecule has 0 aromatic heterocycles. The first-order valence-electron chi connectivity index (χ1n) is 8.35. The molecule has 3 aromatic carbocycles. The summed E-state index contributed by atoms with van der Waals surface area (Å²) in [5.41, 5.74) is 2.19. The first-order valence-corrected chi connectivity index (χ1v) is 9.52. The van der Waals surface area contributed by atoms with Crippen molar-refractivity contribution in [2.75, 3.05) is 5.32 Å². The summed E-state index contributed by atoms with van der Waals surface area (Å²) in [6.45, 7) is 0.370. The second kappa shape index (κ2) is 9.55. The third-order valence-electron chi connectivity index (χ3n) is 3.76. The van der Waals surface area contributed by atoms with E-state index in [4.69, 9.17) is 40.2 Å². The second-order valence-electron chi connectivity index (χ2n) is 5.84. The van der Waals surface area contributed by atoms with Crippen LogP contribution in [0.25, 0.3) is 0 Å². The maximum atomic E-state index is 12.1. The average molecular weight is 431 g/mol. The van der Waals surface area contributed by atoms with Crippen LogP contribution in [0.5, 0.6) is 5.75 Å². The highest BCUT2D eigenvalue weighted by Crippen LogP contribution is 2.24. The Hall–Kier alpha value is -2.60. The molecule has 3 aromatic rings. The molecule has 28 heavy (non-hydrogen) atoms. The van der Waals surface area contributed by atoms with Crippen molar-refractivity contribution in [3.63, 3.8) is 0 Å². The van der Waals surface area contributed by atoms with Gasteiger partial charge in [0.1, 0.15) is 12.4 Å². The molecule has 0 saturated heterocycles. The van der Waals surface area contributed by atoms with Gasteiger partial charge in [0.15, 0.2) is 5.11 Å². The Morgan fingerprint density at radius 2 is 1.64 bits per heavy atom. The predicted octanol–water partition coefficient (Wildman–Crippen LogP) is 5.70. The van der Waals surface area contributed by atoms with Crippen molar-refractivity contribution < 1.29 is 9.53 Å². The molecule has 0 unspecified atom stereocenters. The predicted molar refractivity (Wildman–Crippen MR) is 117 cm³/mol. The van der Waals surface area contributed by atoms with Gasteiger partial charge in [-0.25, -0.2) is 0 Å². The fraction of sp³-hybridized carbons (Fsp3) is 0.0476. The van der Waals surface area contributed by atoms with Gasteiger partial charge in [-0.2, -0.15) is 0 Å². The molecule has 4 nitrogen and oxygen atoms in total. The van der Waals surface area contributed by atoms with E-state index in [0.717, 1.165) is 11.3 Å². The fourth-order valence-corrected chi connectivity index (χ4v) is 2.89. The van der Waals surface area contributed by atoms with Crippen LogP contribution in [0.15, 0.2) is 72.8 Å². The van der Waals surface area contributed by atoms with Gasteiger partial charge in [-0.1, -0.05) is 47.5 Å². The lowest BCUT2D eigenvalue weighted by Gasteiger charge is -2.11. The molecule has 0 aliphatic rings. The summed E-state index contributed by atoms with van der Waals surface area (Å²) in [5.74, 6) is 0.426. The zero-order valence-corrected chi connectivity index (χ0v) is 16.9. The van der Waals surface area contributed by atoms with Crippen LogP contribution in [0.4, 0.5) is 5.69 Å². The SMILES string of the molecule is O=C(NC(=S)Nc1ccc(OCc2ccc(Cl)c(Cl)c2)cc1)c1ccccc1. The van der Waals surface area contributed by atoms with E-state index in [9.17, 15) is 4.79 Å². The minimum Gasteiger partial charge on any atom is -0.489 e. The van der Waals surface area contributed by atoms with Crippen LogP contribution in [0.2, 0.25) is 10.0 Å². The summed E-state index contributed by atoms with van der Waals surface area (Å²) in [6, 6.07) is 21.5. The van der Waals surface area contributed by atoms with Gasteiger partial charge in [0.2, 0.25) is 0 Å². The van der Waals surface area contributed by atoms with Gasteiger partial charge >= 0.3 is 0 Å². The highest BCUT2D eigenvalue weighted by molar-refractivity contribution is 7.80.